The molecule has 0 heterocycles. The van der Waals surface area contributed by atoms with Gasteiger partial charge in [-0.15, -0.1) is 0 Å². The first kappa shape index (κ1) is 13.1. The Labute approximate surface area is 83.5 Å². The maximum Gasteiger partial charge on any atom is 0.0631 e. The summed E-state index contributed by atoms with van der Waals surface area (Å²) in [4.78, 5) is 0. The van der Waals surface area contributed by atoms with Crippen molar-refractivity contribution in [2.45, 2.75) is 38.0 Å². The lowest BCUT2D eigenvalue weighted by Gasteiger charge is -2.23. The summed E-state index contributed by atoms with van der Waals surface area (Å²) in [6, 6.07) is 0. The molecular weight excluding hydrogens is 186 g/mol. The number of ether oxygens (including phenoxy) is 1. The van der Waals surface area contributed by atoms with E-state index in [0.29, 0.717) is 12.3 Å². The van der Waals surface area contributed by atoms with Crippen LogP contribution in [-0.4, -0.2) is 34.5 Å². The molecule has 2 N–H and O–H groups in total. The zero-order valence-corrected chi connectivity index (χ0v) is 9.82. The van der Waals surface area contributed by atoms with Crippen molar-refractivity contribution in [3.63, 3.8) is 0 Å². The molecule has 0 aromatic carbocycles. The van der Waals surface area contributed by atoms with Gasteiger partial charge in [0.2, 0.25) is 0 Å². The molecule has 0 aliphatic carbocycles. The minimum Gasteiger partial charge on any atom is -0.379 e. The Kier molecular flexibility index (Phi) is 5.76. The quantitative estimate of drug-likeness (QED) is 0.704. The third-order valence-corrected chi connectivity index (χ3v) is 3.94. The first-order chi connectivity index (χ1) is 5.93. The van der Waals surface area contributed by atoms with Crippen LogP contribution in [0.1, 0.15) is 27.2 Å². The van der Waals surface area contributed by atoms with Gasteiger partial charge in [0.15, 0.2) is 0 Å². The molecule has 0 aromatic rings. The Hall–Kier alpha value is 0.0700. The monoisotopic (exact) mass is 207 g/mol. The van der Waals surface area contributed by atoms with E-state index in [9.17, 15) is 4.21 Å². The van der Waals surface area contributed by atoms with Gasteiger partial charge in [-0.05, 0) is 27.2 Å². The highest BCUT2D eigenvalue weighted by molar-refractivity contribution is 7.85. The second-order valence-corrected chi connectivity index (χ2v) is 5.82. The van der Waals surface area contributed by atoms with Crippen molar-refractivity contribution in [3.05, 3.63) is 0 Å². The van der Waals surface area contributed by atoms with Gasteiger partial charge >= 0.3 is 0 Å². The van der Waals surface area contributed by atoms with Crippen LogP contribution in [0.4, 0.5) is 0 Å². The third kappa shape index (κ3) is 5.39. The molecule has 0 rings (SSSR count). The second-order valence-electron chi connectivity index (χ2n) is 3.85. The van der Waals surface area contributed by atoms with E-state index in [1.165, 1.54) is 0 Å². The van der Waals surface area contributed by atoms with Crippen molar-refractivity contribution in [2.75, 3.05) is 19.4 Å². The lowest BCUT2D eigenvalue weighted by molar-refractivity contribution is 0.0204. The normalized spacial score (nSPS) is 17.0. The zero-order chi connectivity index (χ0) is 10.5. The Bertz CT molecular complexity index is 171. The van der Waals surface area contributed by atoms with Crippen molar-refractivity contribution < 1.29 is 8.95 Å². The zero-order valence-electron chi connectivity index (χ0n) is 9.00. The minimum atomic E-state index is -0.818. The summed E-state index contributed by atoms with van der Waals surface area (Å²) in [7, 11) is 0.858. The van der Waals surface area contributed by atoms with E-state index < -0.39 is 10.8 Å². The van der Waals surface area contributed by atoms with Crippen LogP contribution in [0.2, 0.25) is 0 Å². The van der Waals surface area contributed by atoms with Crippen LogP contribution in [0, 0.1) is 0 Å². The van der Waals surface area contributed by atoms with Gasteiger partial charge in [0.25, 0.3) is 0 Å². The first-order valence-corrected chi connectivity index (χ1v) is 5.93. The summed E-state index contributed by atoms with van der Waals surface area (Å²) in [6.07, 6.45) is 0.806. The Balaban J connectivity index is 3.83. The fourth-order valence-electron chi connectivity index (χ4n) is 0.757. The van der Waals surface area contributed by atoms with E-state index in [0.717, 1.165) is 6.42 Å². The highest BCUT2D eigenvalue weighted by Gasteiger charge is 2.19. The Morgan fingerprint density at radius 1 is 1.54 bits per heavy atom. The van der Waals surface area contributed by atoms with Gasteiger partial charge in [-0.25, -0.2) is 0 Å². The summed E-state index contributed by atoms with van der Waals surface area (Å²) < 4.78 is 16.7. The number of methoxy groups -OCH3 is 1. The van der Waals surface area contributed by atoms with Crippen molar-refractivity contribution in [1.29, 1.82) is 0 Å². The highest BCUT2D eigenvalue weighted by atomic mass is 32.2. The van der Waals surface area contributed by atoms with Crippen LogP contribution in [0.25, 0.3) is 0 Å². The van der Waals surface area contributed by atoms with Gasteiger partial charge in [-0.1, -0.05) is 0 Å². The first-order valence-electron chi connectivity index (χ1n) is 4.55. The van der Waals surface area contributed by atoms with Crippen LogP contribution in [0.15, 0.2) is 0 Å². The summed E-state index contributed by atoms with van der Waals surface area (Å²) in [6.45, 7) is 6.39. The molecule has 2 atom stereocenters. The molecule has 80 valence electrons. The Morgan fingerprint density at radius 3 is 2.46 bits per heavy atom. The standard InChI is InChI=1S/C9H21NO2S/c1-8(7-10)13(11)6-5-9(2,3)12-4/h8H,5-7,10H2,1-4H3. The number of hydrogen-bond donors (Lipinski definition) is 1. The predicted octanol–water partition coefficient (Wildman–Crippen LogP) is 0.897. The molecule has 0 fully saturated rings. The number of rotatable bonds is 6. The smallest absolute Gasteiger partial charge is 0.0631 e. The molecule has 0 amide bonds. The molecule has 0 saturated carbocycles. The Morgan fingerprint density at radius 2 is 2.08 bits per heavy atom. The van der Waals surface area contributed by atoms with E-state index in [-0.39, 0.29) is 10.9 Å². The van der Waals surface area contributed by atoms with Crippen LogP contribution < -0.4 is 5.73 Å². The predicted molar refractivity (Wildman–Crippen MR) is 57.2 cm³/mol. The molecule has 0 saturated heterocycles. The van der Waals surface area contributed by atoms with Gasteiger partial charge in [-0.2, -0.15) is 0 Å². The molecule has 0 spiro atoms. The fourth-order valence-corrected chi connectivity index (χ4v) is 2.07. The average Bonchev–Trinajstić information content (AvgIpc) is 2.13. The van der Waals surface area contributed by atoms with E-state index in [1.807, 2.05) is 20.8 Å². The molecule has 0 aliphatic heterocycles. The molecular formula is C9H21NO2S. The van der Waals surface area contributed by atoms with Crippen LogP contribution in [0.5, 0.6) is 0 Å². The van der Waals surface area contributed by atoms with Gasteiger partial charge in [0.1, 0.15) is 0 Å². The second kappa shape index (κ2) is 5.73. The summed E-state index contributed by atoms with van der Waals surface area (Å²) in [5.41, 5.74) is 5.24. The molecule has 13 heavy (non-hydrogen) atoms. The lowest BCUT2D eigenvalue weighted by Crippen LogP contribution is -2.29. The van der Waals surface area contributed by atoms with Crippen molar-refractivity contribution in [2.24, 2.45) is 5.73 Å². The average molecular weight is 207 g/mol. The van der Waals surface area contributed by atoms with Gasteiger partial charge in [-0.3, -0.25) is 4.21 Å². The molecule has 0 bridgehead atoms. The SMILES string of the molecule is COC(C)(C)CCS(=O)C(C)CN. The summed E-state index contributed by atoms with van der Waals surface area (Å²) in [5, 5.41) is 0.0904. The molecule has 4 heteroatoms. The summed E-state index contributed by atoms with van der Waals surface area (Å²) >= 11 is 0. The number of hydrogen-bond acceptors (Lipinski definition) is 3. The molecule has 0 radical (unpaired) electrons. The van der Waals surface area contributed by atoms with E-state index in [1.54, 1.807) is 7.11 Å². The summed E-state index contributed by atoms with van der Waals surface area (Å²) in [5.74, 6) is 0.666. The maximum absolute atomic E-state index is 11.5. The molecule has 3 nitrogen and oxygen atoms in total. The van der Waals surface area contributed by atoms with Gasteiger partial charge in [0.05, 0.1) is 5.60 Å². The van der Waals surface area contributed by atoms with E-state index >= 15 is 0 Å². The minimum absolute atomic E-state index is 0.0904. The van der Waals surface area contributed by atoms with Crippen molar-refractivity contribution in [3.8, 4) is 0 Å². The van der Waals surface area contributed by atoms with Crippen molar-refractivity contribution in [1.82, 2.24) is 0 Å². The largest absolute Gasteiger partial charge is 0.379 e. The third-order valence-electron chi connectivity index (χ3n) is 2.24. The van der Waals surface area contributed by atoms with Crippen LogP contribution in [0.3, 0.4) is 0 Å². The van der Waals surface area contributed by atoms with Crippen LogP contribution in [-0.2, 0) is 15.5 Å². The number of nitrogens with two attached hydrogens (primary N) is 1. The topological polar surface area (TPSA) is 52.3 Å². The highest BCUT2D eigenvalue weighted by Crippen LogP contribution is 2.14. The van der Waals surface area contributed by atoms with Gasteiger partial charge in [0, 0.05) is 35.5 Å². The molecule has 2 unspecified atom stereocenters. The fraction of sp³-hybridized carbons (Fsp3) is 1.00. The molecule has 0 aromatic heterocycles. The van der Waals surface area contributed by atoms with Crippen molar-refractivity contribution >= 4 is 10.8 Å². The van der Waals surface area contributed by atoms with E-state index in [2.05, 4.69) is 0 Å². The van der Waals surface area contributed by atoms with Crippen LogP contribution >= 0.6 is 0 Å². The van der Waals surface area contributed by atoms with E-state index in [4.69, 9.17) is 10.5 Å². The maximum atomic E-state index is 11.5. The van der Waals surface area contributed by atoms with Gasteiger partial charge < -0.3 is 10.5 Å². The lowest BCUT2D eigenvalue weighted by atomic mass is 10.1. The molecule has 0 aliphatic rings.